The van der Waals surface area contributed by atoms with Crippen LogP contribution in [0.25, 0.3) is 0 Å². The van der Waals surface area contributed by atoms with Gasteiger partial charge in [0.05, 0.1) is 12.3 Å². The van der Waals surface area contributed by atoms with Gasteiger partial charge in [-0.25, -0.2) is 4.79 Å². The van der Waals surface area contributed by atoms with E-state index in [0.29, 0.717) is 12.3 Å². The third-order valence-electron chi connectivity index (χ3n) is 2.63. The predicted octanol–water partition coefficient (Wildman–Crippen LogP) is 1.30. The van der Waals surface area contributed by atoms with E-state index >= 15 is 0 Å². The molecule has 0 aromatic heterocycles. The van der Waals surface area contributed by atoms with E-state index in [1.165, 1.54) is 11.8 Å². The fourth-order valence-corrected chi connectivity index (χ4v) is 1.66. The van der Waals surface area contributed by atoms with E-state index < -0.39 is 12.1 Å². The molecule has 1 aromatic rings. The second kappa shape index (κ2) is 6.79. The Bertz CT molecular complexity index is 500. The standard InChI is InChI=1S/C14H20N2O4/c1-5-19-12-10(7-6-8-11(12)15)14(18)20-9(2)13(17)16(3)4/h6-9H,5,15H2,1-4H3. The van der Waals surface area contributed by atoms with E-state index in [1.807, 2.05) is 0 Å². The second-order valence-electron chi connectivity index (χ2n) is 4.44. The molecule has 6 heteroatoms. The quantitative estimate of drug-likeness (QED) is 0.649. The van der Waals surface area contributed by atoms with Gasteiger partial charge in [-0.05, 0) is 26.0 Å². The third kappa shape index (κ3) is 3.63. The monoisotopic (exact) mass is 280 g/mol. The van der Waals surface area contributed by atoms with Crippen LogP contribution in [0.3, 0.4) is 0 Å². The zero-order valence-corrected chi connectivity index (χ0v) is 12.2. The van der Waals surface area contributed by atoms with Crippen molar-refractivity contribution in [3.8, 4) is 5.75 Å². The lowest BCUT2D eigenvalue weighted by Gasteiger charge is -2.18. The van der Waals surface area contributed by atoms with Crippen molar-refractivity contribution in [3.05, 3.63) is 23.8 Å². The summed E-state index contributed by atoms with van der Waals surface area (Å²) in [6, 6.07) is 4.82. The number of carbonyl (C=O) groups excluding carboxylic acids is 2. The first kappa shape index (κ1) is 15.8. The number of nitrogens with zero attached hydrogens (tertiary/aromatic N) is 1. The summed E-state index contributed by atoms with van der Waals surface area (Å²) in [6.45, 7) is 3.69. The molecule has 1 atom stereocenters. The lowest BCUT2D eigenvalue weighted by molar-refractivity contribution is -0.137. The summed E-state index contributed by atoms with van der Waals surface area (Å²) in [5.74, 6) is -0.645. The van der Waals surface area contributed by atoms with Crippen molar-refractivity contribution >= 4 is 17.6 Å². The highest BCUT2D eigenvalue weighted by Crippen LogP contribution is 2.27. The van der Waals surface area contributed by atoms with Gasteiger partial charge in [0.1, 0.15) is 5.56 Å². The molecule has 2 N–H and O–H groups in total. The summed E-state index contributed by atoms with van der Waals surface area (Å²) in [4.78, 5) is 25.1. The van der Waals surface area contributed by atoms with Crippen molar-refractivity contribution in [1.29, 1.82) is 0 Å². The molecule has 0 bridgehead atoms. The van der Waals surface area contributed by atoms with E-state index in [0.717, 1.165) is 0 Å². The van der Waals surface area contributed by atoms with Crippen molar-refractivity contribution in [1.82, 2.24) is 4.90 Å². The number of amides is 1. The Hall–Kier alpha value is -2.24. The van der Waals surface area contributed by atoms with Crippen molar-refractivity contribution in [2.75, 3.05) is 26.4 Å². The number of likely N-dealkylation sites (N-methyl/N-ethyl adjacent to an activating group) is 1. The minimum atomic E-state index is -0.867. The Kier molecular flexibility index (Phi) is 5.37. The van der Waals surface area contributed by atoms with Crippen LogP contribution in [0.2, 0.25) is 0 Å². The number of anilines is 1. The number of hydrogen-bond acceptors (Lipinski definition) is 5. The van der Waals surface area contributed by atoms with Crippen LogP contribution in [0.5, 0.6) is 5.75 Å². The summed E-state index contributed by atoms with van der Waals surface area (Å²) >= 11 is 0. The van der Waals surface area contributed by atoms with Gasteiger partial charge in [-0.15, -0.1) is 0 Å². The van der Waals surface area contributed by atoms with Crippen LogP contribution >= 0.6 is 0 Å². The molecular weight excluding hydrogens is 260 g/mol. The normalized spacial score (nSPS) is 11.6. The SMILES string of the molecule is CCOc1c(N)cccc1C(=O)OC(C)C(=O)N(C)C. The molecule has 0 radical (unpaired) electrons. The molecule has 0 aliphatic carbocycles. The number of esters is 1. The summed E-state index contributed by atoms with van der Waals surface area (Å²) in [6.07, 6.45) is -0.867. The Morgan fingerprint density at radius 2 is 2.00 bits per heavy atom. The van der Waals surface area contributed by atoms with Crippen LogP contribution in [-0.4, -0.2) is 43.6 Å². The molecule has 1 aromatic carbocycles. The first-order valence-electron chi connectivity index (χ1n) is 6.31. The van der Waals surface area contributed by atoms with Gasteiger partial charge in [0.25, 0.3) is 5.91 Å². The van der Waals surface area contributed by atoms with Crippen LogP contribution in [-0.2, 0) is 9.53 Å². The zero-order chi connectivity index (χ0) is 15.3. The number of carbonyl (C=O) groups is 2. The van der Waals surface area contributed by atoms with E-state index in [4.69, 9.17) is 15.2 Å². The average molecular weight is 280 g/mol. The summed E-state index contributed by atoms with van der Waals surface area (Å²) in [5.41, 5.74) is 6.34. The Balaban J connectivity index is 2.93. The highest BCUT2D eigenvalue weighted by atomic mass is 16.5. The Labute approximate surface area is 118 Å². The largest absolute Gasteiger partial charge is 0.491 e. The molecule has 6 nitrogen and oxygen atoms in total. The summed E-state index contributed by atoms with van der Waals surface area (Å²) < 4.78 is 10.5. The van der Waals surface area contributed by atoms with E-state index in [1.54, 1.807) is 39.2 Å². The fourth-order valence-electron chi connectivity index (χ4n) is 1.66. The van der Waals surface area contributed by atoms with Crippen molar-refractivity contribution in [3.63, 3.8) is 0 Å². The zero-order valence-electron chi connectivity index (χ0n) is 12.2. The molecule has 0 saturated carbocycles. The highest BCUT2D eigenvalue weighted by molar-refractivity contribution is 5.96. The molecule has 110 valence electrons. The predicted molar refractivity (Wildman–Crippen MR) is 75.6 cm³/mol. The smallest absolute Gasteiger partial charge is 0.342 e. The van der Waals surface area contributed by atoms with Gasteiger partial charge in [0.2, 0.25) is 0 Å². The maximum absolute atomic E-state index is 12.1. The molecule has 20 heavy (non-hydrogen) atoms. The van der Waals surface area contributed by atoms with E-state index in [-0.39, 0.29) is 17.2 Å². The Morgan fingerprint density at radius 1 is 1.35 bits per heavy atom. The van der Waals surface area contributed by atoms with Gasteiger partial charge >= 0.3 is 5.97 Å². The first-order valence-corrected chi connectivity index (χ1v) is 6.31. The van der Waals surface area contributed by atoms with Gasteiger partial charge in [-0.1, -0.05) is 6.07 Å². The van der Waals surface area contributed by atoms with Crippen molar-refractivity contribution < 1.29 is 19.1 Å². The Morgan fingerprint density at radius 3 is 2.55 bits per heavy atom. The molecule has 0 aliphatic rings. The van der Waals surface area contributed by atoms with Crippen molar-refractivity contribution in [2.45, 2.75) is 20.0 Å². The number of nitrogen functional groups attached to an aromatic ring is 1. The van der Waals surface area contributed by atoms with Gasteiger partial charge < -0.3 is 20.1 Å². The maximum atomic E-state index is 12.1. The first-order chi connectivity index (χ1) is 9.38. The van der Waals surface area contributed by atoms with Crippen LogP contribution in [0.4, 0.5) is 5.69 Å². The third-order valence-corrected chi connectivity index (χ3v) is 2.63. The molecule has 0 fully saturated rings. The molecular formula is C14H20N2O4. The van der Waals surface area contributed by atoms with Crippen LogP contribution < -0.4 is 10.5 Å². The molecule has 0 saturated heterocycles. The number of ether oxygens (including phenoxy) is 2. The van der Waals surface area contributed by atoms with E-state index in [2.05, 4.69) is 0 Å². The second-order valence-corrected chi connectivity index (χ2v) is 4.44. The molecule has 1 amide bonds. The molecule has 0 aliphatic heterocycles. The topological polar surface area (TPSA) is 81.9 Å². The summed E-state index contributed by atoms with van der Waals surface area (Å²) in [5, 5.41) is 0. The van der Waals surface area contributed by atoms with Gasteiger partial charge in [-0.2, -0.15) is 0 Å². The minimum absolute atomic E-state index is 0.213. The number of nitrogens with two attached hydrogens (primary N) is 1. The van der Waals surface area contributed by atoms with Crippen LogP contribution in [0.1, 0.15) is 24.2 Å². The fraction of sp³-hybridized carbons (Fsp3) is 0.429. The van der Waals surface area contributed by atoms with Crippen LogP contribution in [0, 0.1) is 0 Å². The molecule has 0 heterocycles. The van der Waals surface area contributed by atoms with Crippen LogP contribution in [0.15, 0.2) is 18.2 Å². The number of rotatable bonds is 5. The minimum Gasteiger partial charge on any atom is -0.491 e. The average Bonchev–Trinajstić information content (AvgIpc) is 2.39. The lowest BCUT2D eigenvalue weighted by Crippen LogP contribution is -2.35. The summed E-state index contributed by atoms with van der Waals surface area (Å²) in [7, 11) is 3.19. The maximum Gasteiger partial charge on any atom is 0.342 e. The number of para-hydroxylation sites is 1. The molecule has 1 unspecified atom stereocenters. The number of hydrogen-bond donors (Lipinski definition) is 1. The molecule has 1 rings (SSSR count). The highest BCUT2D eigenvalue weighted by Gasteiger charge is 2.23. The van der Waals surface area contributed by atoms with Gasteiger partial charge in [0, 0.05) is 14.1 Å². The lowest BCUT2D eigenvalue weighted by atomic mass is 10.1. The van der Waals surface area contributed by atoms with Gasteiger partial charge in [-0.3, -0.25) is 4.79 Å². The van der Waals surface area contributed by atoms with Crippen molar-refractivity contribution in [2.24, 2.45) is 0 Å². The molecule has 0 spiro atoms. The number of benzene rings is 1. The van der Waals surface area contributed by atoms with E-state index in [9.17, 15) is 9.59 Å². The van der Waals surface area contributed by atoms with Gasteiger partial charge in [0.15, 0.2) is 11.9 Å².